The number of likely N-dealkylation sites (tertiary alicyclic amines) is 1. The monoisotopic (exact) mass is 299 g/mol. The van der Waals surface area contributed by atoms with Crippen molar-refractivity contribution < 1.29 is 14.7 Å². The second-order valence-corrected chi connectivity index (χ2v) is 6.46. The fraction of sp³-hybridized carbons (Fsp3) is 0.867. The van der Waals surface area contributed by atoms with Gasteiger partial charge in [-0.3, -0.25) is 0 Å². The number of carbonyl (C=O) groups is 2. The van der Waals surface area contributed by atoms with E-state index in [4.69, 9.17) is 5.11 Å². The Bertz CT molecular complexity index is 339. The average molecular weight is 299 g/mol. The smallest absolute Gasteiger partial charge is 0.326 e. The maximum Gasteiger partial charge on any atom is 0.326 e. The number of urea groups is 1. The molecule has 1 rings (SSSR count). The van der Waals surface area contributed by atoms with E-state index in [-0.39, 0.29) is 11.9 Å². The van der Waals surface area contributed by atoms with E-state index in [2.05, 4.69) is 22.6 Å². The van der Waals surface area contributed by atoms with Gasteiger partial charge in [0.1, 0.15) is 6.04 Å². The van der Waals surface area contributed by atoms with Gasteiger partial charge < -0.3 is 20.6 Å². The van der Waals surface area contributed by atoms with Crippen LogP contribution in [-0.4, -0.2) is 54.7 Å². The van der Waals surface area contributed by atoms with E-state index in [9.17, 15) is 9.59 Å². The summed E-state index contributed by atoms with van der Waals surface area (Å²) in [7, 11) is 2.13. The number of amides is 2. The summed E-state index contributed by atoms with van der Waals surface area (Å²) in [6, 6.07) is -1.19. The lowest BCUT2D eigenvalue weighted by Crippen LogP contribution is -2.47. The number of nitrogens with one attached hydrogen (secondary N) is 2. The summed E-state index contributed by atoms with van der Waals surface area (Å²) < 4.78 is 0. The molecule has 2 amide bonds. The van der Waals surface area contributed by atoms with Gasteiger partial charge in [0, 0.05) is 6.54 Å². The van der Waals surface area contributed by atoms with Crippen LogP contribution in [0.3, 0.4) is 0 Å². The quantitative estimate of drug-likeness (QED) is 0.665. The summed E-state index contributed by atoms with van der Waals surface area (Å²) >= 11 is 0. The molecule has 6 nitrogen and oxygen atoms in total. The Morgan fingerprint density at radius 1 is 1.29 bits per heavy atom. The number of carbonyl (C=O) groups excluding carboxylic acids is 1. The lowest BCUT2D eigenvalue weighted by molar-refractivity contribution is -0.139. The number of aliphatic carboxylic acids is 1. The van der Waals surface area contributed by atoms with Crippen LogP contribution in [0.5, 0.6) is 0 Å². The van der Waals surface area contributed by atoms with Crippen LogP contribution in [0, 0.1) is 11.8 Å². The van der Waals surface area contributed by atoms with Crippen LogP contribution in [0.25, 0.3) is 0 Å². The highest BCUT2D eigenvalue weighted by atomic mass is 16.4. The Balaban J connectivity index is 2.22. The van der Waals surface area contributed by atoms with Crippen LogP contribution in [-0.2, 0) is 4.79 Å². The van der Waals surface area contributed by atoms with Crippen molar-refractivity contribution in [3.8, 4) is 0 Å². The number of nitrogens with zero attached hydrogens (tertiary/aromatic N) is 1. The minimum atomic E-state index is -0.978. The first kappa shape index (κ1) is 17.8. The lowest BCUT2D eigenvalue weighted by atomic mass is 9.94. The van der Waals surface area contributed by atoms with E-state index in [0.717, 1.165) is 19.5 Å². The summed E-state index contributed by atoms with van der Waals surface area (Å²) in [5, 5.41) is 14.4. The van der Waals surface area contributed by atoms with Gasteiger partial charge in [-0.15, -0.1) is 0 Å². The summed E-state index contributed by atoms with van der Waals surface area (Å²) in [5.41, 5.74) is 0. The number of hydrogen-bond donors (Lipinski definition) is 3. The first-order valence-electron chi connectivity index (χ1n) is 7.84. The number of carboxylic acids is 1. The highest BCUT2D eigenvalue weighted by molar-refractivity contribution is 5.82. The van der Waals surface area contributed by atoms with Crippen LogP contribution in [0.15, 0.2) is 0 Å². The topological polar surface area (TPSA) is 81.7 Å². The standard InChI is InChI=1S/C15H29N3O3/c1-11(2)10-13(14(19)20)17-15(21)16-7-4-12-5-8-18(3)9-6-12/h11-13H,4-10H2,1-3H3,(H,19,20)(H2,16,17,21)/t13-/m0/s1. The Labute approximate surface area is 127 Å². The third-order valence-corrected chi connectivity index (χ3v) is 3.99. The molecule has 1 atom stereocenters. The van der Waals surface area contributed by atoms with E-state index >= 15 is 0 Å². The number of hydrogen-bond acceptors (Lipinski definition) is 3. The molecule has 0 unspecified atom stereocenters. The minimum absolute atomic E-state index is 0.227. The van der Waals surface area contributed by atoms with E-state index in [1.165, 1.54) is 12.8 Å². The molecule has 0 saturated carbocycles. The van der Waals surface area contributed by atoms with Crippen molar-refractivity contribution in [3.63, 3.8) is 0 Å². The fourth-order valence-corrected chi connectivity index (χ4v) is 2.64. The molecule has 0 spiro atoms. The van der Waals surface area contributed by atoms with Gasteiger partial charge in [-0.1, -0.05) is 13.8 Å². The maximum absolute atomic E-state index is 11.7. The van der Waals surface area contributed by atoms with Crippen LogP contribution < -0.4 is 10.6 Å². The molecular weight excluding hydrogens is 270 g/mol. The van der Waals surface area contributed by atoms with E-state index in [1.807, 2.05) is 13.8 Å². The highest BCUT2D eigenvalue weighted by Gasteiger charge is 2.21. The summed E-state index contributed by atoms with van der Waals surface area (Å²) in [4.78, 5) is 25.1. The molecule has 1 fully saturated rings. The van der Waals surface area contributed by atoms with Gasteiger partial charge in [-0.25, -0.2) is 9.59 Å². The van der Waals surface area contributed by atoms with Crippen molar-refractivity contribution in [3.05, 3.63) is 0 Å². The zero-order valence-electron chi connectivity index (χ0n) is 13.4. The van der Waals surface area contributed by atoms with Crippen molar-refractivity contribution in [1.29, 1.82) is 0 Å². The zero-order chi connectivity index (χ0) is 15.8. The third kappa shape index (κ3) is 7.32. The highest BCUT2D eigenvalue weighted by Crippen LogP contribution is 2.18. The van der Waals surface area contributed by atoms with E-state index < -0.39 is 12.0 Å². The molecule has 3 N–H and O–H groups in total. The summed E-state index contributed by atoms with van der Waals surface area (Å²) in [6.45, 7) is 6.72. The number of piperidine rings is 1. The normalized spacial score (nSPS) is 18.5. The van der Waals surface area contributed by atoms with Crippen molar-refractivity contribution in [2.24, 2.45) is 11.8 Å². The third-order valence-electron chi connectivity index (χ3n) is 3.99. The predicted octanol–water partition coefficient (Wildman–Crippen LogP) is 1.52. The van der Waals surface area contributed by atoms with Gasteiger partial charge in [-0.05, 0) is 57.7 Å². The van der Waals surface area contributed by atoms with Gasteiger partial charge in [0.15, 0.2) is 0 Å². The van der Waals surface area contributed by atoms with E-state index in [1.54, 1.807) is 0 Å². The van der Waals surface area contributed by atoms with Gasteiger partial charge in [0.2, 0.25) is 0 Å². The molecule has 1 saturated heterocycles. The molecule has 0 radical (unpaired) electrons. The number of rotatable bonds is 7. The first-order chi connectivity index (χ1) is 9.88. The summed E-state index contributed by atoms with van der Waals surface area (Å²) in [5.74, 6) is -0.0905. The van der Waals surface area contributed by atoms with Gasteiger partial charge in [0.05, 0.1) is 0 Å². The molecule has 0 aromatic carbocycles. The number of carboxylic acid groups (broad SMARTS) is 1. The van der Waals surface area contributed by atoms with Crippen LogP contribution in [0.2, 0.25) is 0 Å². The fourth-order valence-electron chi connectivity index (χ4n) is 2.64. The van der Waals surface area contributed by atoms with Crippen molar-refractivity contribution in [1.82, 2.24) is 15.5 Å². The second-order valence-electron chi connectivity index (χ2n) is 6.46. The Morgan fingerprint density at radius 2 is 1.90 bits per heavy atom. The van der Waals surface area contributed by atoms with Crippen LogP contribution in [0.1, 0.15) is 39.5 Å². The average Bonchev–Trinajstić information content (AvgIpc) is 2.39. The van der Waals surface area contributed by atoms with Gasteiger partial charge in [-0.2, -0.15) is 0 Å². The van der Waals surface area contributed by atoms with Gasteiger partial charge in [0.25, 0.3) is 0 Å². The van der Waals surface area contributed by atoms with Crippen LogP contribution >= 0.6 is 0 Å². The Hall–Kier alpha value is -1.30. The molecule has 1 heterocycles. The molecule has 0 aromatic heterocycles. The largest absolute Gasteiger partial charge is 0.480 e. The molecule has 0 bridgehead atoms. The summed E-state index contributed by atoms with van der Waals surface area (Å²) in [6.07, 6.45) is 3.75. The second kappa shape index (κ2) is 8.87. The first-order valence-corrected chi connectivity index (χ1v) is 7.84. The van der Waals surface area contributed by atoms with E-state index in [0.29, 0.717) is 18.9 Å². The lowest BCUT2D eigenvalue weighted by Gasteiger charge is -2.28. The molecular formula is C15H29N3O3. The zero-order valence-corrected chi connectivity index (χ0v) is 13.4. The SMILES string of the molecule is CC(C)C[C@H](NC(=O)NCCC1CCN(C)CC1)C(=O)O. The molecule has 1 aliphatic rings. The van der Waals surface area contributed by atoms with Crippen molar-refractivity contribution >= 4 is 12.0 Å². The molecule has 6 heteroatoms. The Kier molecular flexibility index (Phi) is 7.50. The maximum atomic E-state index is 11.7. The predicted molar refractivity (Wildman–Crippen MR) is 82.3 cm³/mol. The molecule has 21 heavy (non-hydrogen) atoms. The molecule has 1 aliphatic heterocycles. The van der Waals surface area contributed by atoms with Crippen LogP contribution in [0.4, 0.5) is 4.79 Å². The van der Waals surface area contributed by atoms with Gasteiger partial charge >= 0.3 is 12.0 Å². The molecule has 0 aliphatic carbocycles. The Morgan fingerprint density at radius 3 is 2.43 bits per heavy atom. The molecule has 122 valence electrons. The minimum Gasteiger partial charge on any atom is -0.480 e. The van der Waals surface area contributed by atoms with Crippen molar-refractivity contribution in [2.45, 2.75) is 45.6 Å². The van der Waals surface area contributed by atoms with Crippen molar-refractivity contribution in [2.75, 3.05) is 26.7 Å². The molecule has 0 aromatic rings.